The minimum atomic E-state index is 0.468. The van der Waals surface area contributed by atoms with E-state index in [1.54, 1.807) is 0 Å². The zero-order valence-electron chi connectivity index (χ0n) is 8.88. The third kappa shape index (κ3) is 1.62. The highest BCUT2D eigenvalue weighted by Crippen LogP contribution is 2.26. The first-order valence-electron chi connectivity index (χ1n) is 5.23. The smallest absolute Gasteiger partial charge is 0.119 e. The highest BCUT2D eigenvalue weighted by molar-refractivity contribution is 5.42. The van der Waals surface area contributed by atoms with Gasteiger partial charge in [-0.2, -0.15) is 0 Å². The maximum absolute atomic E-state index is 9.72. The molecule has 0 spiro atoms. The van der Waals surface area contributed by atoms with Crippen LogP contribution in [0.15, 0.2) is 12.1 Å². The van der Waals surface area contributed by atoms with E-state index in [0.29, 0.717) is 5.75 Å². The van der Waals surface area contributed by atoms with Crippen LogP contribution in [-0.2, 0) is 19.4 Å². The normalized spacial score (nSPS) is 16.7. The lowest BCUT2D eigenvalue weighted by molar-refractivity contribution is 0.312. The van der Waals surface area contributed by atoms with Gasteiger partial charge in [0.05, 0.1) is 0 Å². The van der Waals surface area contributed by atoms with Gasteiger partial charge in [-0.25, -0.2) is 0 Å². The summed E-state index contributed by atoms with van der Waals surface area (Å²) in [6.45, 7) is 4.19. The Labute approximate surface area is 85.2 Å². The second kappa shape index (κ2) is 3.62. The molecule has 1 aliphatic rings. The number of phenols is 1. The number of rotatable bonds is 1. The summed E-state index contributed by atoms with van der Waals surface area (Å²) in [6, 6.07) is 4.10. The van der Waals surface area contributed by atoms with Crippen molar-refractivity contribution in [2.75, 3.05) is 13.6 Å². The van der Waals surface area contributed by atoms with Crippen molar-refractivity contribution < 1.29 is 5.11 Å². The molecule has 14 heavy (non-hydrogen) atoms. The highest BCUT2D eigenvalue weighted by atomic mass is 16.3. The van der Waals surface area contributed by atoms with Crippen molar-refractivity contribution in [3.8, 4) is 5.75 Å². The minimum Gasteiger partial charge on any atom is -0.508 e. The molecule has 0 amide bonds. The van der Waals surface area contributed by atoms with Crippen LogP contribution in [0.5, 0.6) is 5.75 Å². The molecule has 1 aromatic rings. The number of aryl methyl sites for hydroxylation is 1. The average Bonchev–Trinajstić information content (AvgIpc) is 2.17. The first kappa shape index (κ1) is 9.53. The van der Waals surface area contributed by atoms with Gasteiger partial charge in [-0.05, 0) is 42.6 Å². The minimum absolute atomic E-state index is 0.468. The topological polar surface area (TPSA) is 23.5 Å². The number of phenolic OH excluding ortho intramolecular Hbond substituents is 1. The van der Waals surface area contributed by atoms with Gasteiger partial charge in [0, 0.05) is 13.1 Å². The van der Waals surface area contributed by atoms with E-state index in [9.17, 15) is 5.11 Å². The second-order valence-electron chi connectivity index (χ2n) is 4.09. The second-order valence-corrected chi connectivity index (χ2v) is 4.09. The van der Waals surface area contributed by atoms with E-state index in [4.69, 9.17) is 0 Å². The molecule has 0 aromatic heterocycles. The molecule has 2 nitrogen and oxygen atoms in total. The first-order valence-corrected chi connectivity index (χ1v) is 5.23. The molecule has 0 unspecified atom stereocenters. The summed E-state index contributed by atoms with van der Waals surface area (Å²) < 4.78 is 0. The van der Waals surface area contributed by atoms with Crippen LogP contribution < -0.4 is 0 Å². The van der Waals surface area contributed by atoms with Crippen molar-refractivity contribution in [3.63, 3.8) is 0 Å². The standard InChI is InChI=1S/C12H17NO/c1-3-9-6-11-8-13(2)5-4-10(11)7-12(9)14/h6-7,14H,3-5,8H2,1-2H3. The van der Waals surface area contributed by atoms with Gasteiger partial charge in [-0.3, -0.25) is 0 Å². The summed E-state index contributed by atoms with van der Waals surface area (Å²) in [6.07, 6.45) is 1.96. The Morgan fingerprint density at radius 1 is 1.36 bits per heavy atom. The largest absolute Gasteiger partial charge is 0.508 e. The molecule has 0 saturated heterocycles. The predicted molar refractivity (Wildman–Crippen MR) is 57.5 cm³/mol. The summed E-state index contributed by atoms with van der Waals surface area (Å²) >= 11 is 0. The molecule has 0 aliphatic carbocycles. The molecule has 0 radical (unpaired) electrons. The molecule has 76 valence electrons. The summed E-state index contributed by atoms with van der Waals surface area (Å²) in [7, 11) is 2.14. The number of hydrogen-bond donors (Lipinski definition) is 1. The SMILES string of the molecule is CCc1cc2c(cc1O)CCN(C)C2. The van der Waals surface area contributed by atoms with Gasteiger partial charge in [-0.15, -0.1) is 0 Å². The lowest BCUT2D eigenvalue weighted by Crippen LogP contribution is -2.26. The monoisotopic (exact) mass is 191 g/mol. The van der Waals surface area contributed by atoms with Crippen LogP contribution >= 0.6 is 0 Å². The summed E-state index contributed by atoms with van der Waals surface area (Å²) in [4.78, 5) is 2.32. The molecule has 1 N–H and O–H groups in total. The van der Waals surface area contributed by atoms with E-state index in [0.717, 1.165) is 31.5 Å². The van der Waals surface area contributed by atoms with Gasteiger partial charge in [0.25, 0.3) is 0 Å². The zero-order chi connectivity index (χ0) is 10.1. The van der Waals surface area contributed by atoms with Crippen molar-refractivity contribution in [1.82, 2.24) is 4.90 Å². The van der Waals surface area contributed by atoms with Crippen molar-refractivity contribution in [1.29, 1.82) is 0 Å². The number of benzene rings is 1. The summed E-state index contributed by atoms with van der Waals surface area (Å²) in [5.74, 6) is 0.468. The Morgan fingerprint density at radius 2 is 2.14 bits per heavy atom. The molecular weight excluding hydrogens is 174 g/mol. The van der Waals surface area contributed by atoms with E-state index in [1.807, 2.05) is 6.07 Å². The summed E-state index contributed by atoms with van der Waals surface area (Å²) in [5.41, 5.74) is 3.77. The fraction of sp³-hybridized carbons (Fsp3) is 0.500. The predicted octanol–water partition coefficient (Wildman–Crippen LogP) is 1.94. The van der Waals surface area contributed by atoms with Gasteiger partial charge in [0.15, 0.2) is 0 Å². The number of likely N-dealkylation sites (N-methyl/N-ethyl adjacent to an activating group) is 1. The van der Waals surface area contributed by atoms with Crippen LogP contribution in [-0.4, -0.2) is 23.6 Å². The van der Waals surface area contributed by atoms with Gasteiger partial charge < -0.3 is 10.0 Å². The van der Waals surface area contributed by atoms with E-state index in [1.165, 1.54) is 11.1 Å². The fourth-order valence-corrected chi connectivity index (χ4v) is 2.07. The number of hydrogen-bond acceptors (Lipinski definition) is 2. The quantitative estimate of drug-likeness (QED) is 0.733. The maximum Gasteiger partial charge on any atom is 0.119 e. The van der Waals surface area contributed by atoms with Crippen LogP contribution in [0.25, 0.3) is 0 Å². The molecule has 1 heterocycles. The van der Waals surface area contributed by atoms with E-state index in [2.05, 4.69) is 24.9 Å². The van der Waals surface area contributed by atoms with Gasteiger partial charge >= 0.3 is 0 Å². The van der Waals surface area contributed by atoms with Crippen LogP contribution in [0.3, 0.4) is 0 Å². The van der Waals surface area contributed by atoms with Crippen LogP contribution in [0, 0.1) is 0 Å². The molecule has 1 aliphatic heterocycles. The van der Waals surface area contributed by atoms with Gasteiger partial charge in [0.1, 0.15) is 5.75 Å². The van der Waals surface area contributed by atoms with Gasteiger partial charge in [-0.1, -0.05) is 13.0 Å². The summed E-state index contributed by atoms with van der Waals surface area (Å²) in [5, 5.41) is 9.72. The molecule has 0 atom stereocenters. The molecule has 0 fully saturated rings. The van der Waals surface area contributed by atoms with E-state index >= 15 is 0 Å². The third-order valence-electron chi connectivity index (χ3n) is 2.98. The van der Waals surface area contributed by atoms with Crippen molar-refractivity contribution >= 4 is 0 Å². The molecule has 0 saturated carbocycles. The number of fused-ring (bicyclic) bond motifs is 1. The molecular formula is C12H17NO. The Balaban J connectivity index is 2.41. The van der Waals surface area contributed by atoms with Crippen LogP contribution in [0.4, 0.5) is 0 Å². The lowest BCUT2D eigenvalue weighted by Gasteiger charge is -2.25. The lowest BCUT2D eigenvalue weighted by atomic mass is 9.96. The number of aromatic hydroxyl groups is 1. The molecule has 2 heteroatoms. The van der Waals surface area contributed by atoms with Gasteiger partial charge in [0.2, 0.25) is 0 Å². The Bertz CT molecular complexity index is 346. The first-order chi connectivity index (χ1) is 6.70. The molecule has 0 bridgehead atoms. The highest BCUT2D eigenvalue weighted by Gasteiger charge is 2.15. The Kier molecular flexibility index (Phi) is 2.46. The fourth-order valence-electron chi connectivity index (χ4n) is 2.07. The third-order valence-corrected chi connectivity index (χ3v) is 2.98. The van der Waals surface area contributed by atoms with Crippen LogP contribution in [0.1, 0.15) is 23.6 Å². The van der Waals surface area contributed by atoms with Crippen LogP contribution in [0.2, 0.25) is 0 Å². The average molecular weight is 191 g/mol. The van der Waals surface area contributed by atoms with Crippen molar-refractivity contribution in [3.05, 3.63) is 28.8 Å². The molecule has 2 rings (SSSR count). The van der Waals surface area contributed by atoms with Crippen molar-refractivity contribution in [2.45, 2.75) is 26.3 Å². The zero-order valence-corrected chi connectivity index (χ0v) is 8.88. The van der Waals surface area contributed by atoms with E-state index in [-0.39, 0.29) is 0 Å². The van der Waals surface area contributed by atoms with Crippen molar-refractivity contribution in [2.24, 2.45) is 0 Å². The maximum atomic E-state index is 9.72. The Morgan fingerprint density at radius 3 is 2.86 bits per heavy atom. The number of nitrogens with zero attached hydrogens (tertiary/aromatic N) is 1. The van der Waals surface area contributed by atoms with E-state index < -0.39 is 0 Å². The Hall–Kier alpha value is -1.02. The molecule has 1 aromatic carbocycles.